The first-order chi connectivity index (χ1) is 13.0. The summed E-state index contributed by atoms with van der Waals surface area (Å²) in [6.45, 7) is 6.06. The van der Waals surface area contributed by atoms with Gasteiger partial charge in [-0.05, 0) is 43.2 Å². The van der Waals surface area contributed by atoms with Gasteiger partial charge in [-0.3, -0.25) is 9.78 Å². The van der Waals surface area contributed by atoms with Gasteiger partial charge in [0.25, 0.3) is 5.91 Å². The number of nitrogens with zero attached hydrogens (tertiary/aromatic N) is 2. The van der Waals surface area contributed by atoms with E-state index in [-0.39, 0.29) is 12.0 Å². The van der Waals surface area contributed by atoms with Crippen molar-refractivity contribution in [3.8, 4) is 5.75 Å². The third-order valence-electron chi connectivity index (χ3n) is 4.34. The van der Waals surface area contributed by atoms with Crippen LogP contribution >= 0.6 is 0 Å². The number of nitrogens with one attached hydrogen (secondary N) is 1. The van der Waals surface area contributed by atoms with E-state index in [4.69, 9.17) is 9.47 Å². The first-order valence-electron chi connectivity index (χ1n) is 8.87. The van der Waals surface area contributed by atoms with E-state index in [9.17, 15) is 9.59 Å². The van der Waals surface area contributed by atoms with Crippen molar-refractivity contribution < 1.29 is 19.1 Å². The van der Waals surface area contributed by atoms with E-state index in [0.717, 1.165) is 22.4 Å². The van der Waals surface area contributed by atoms with Gasteiger partial charge < -0.3 is 19.7 Å². The second-order valence-corrected chi connectivity index (χ2v) is 6.45. The third kappa shape index (κ3) is 4.75. The van der Waals surface area contributed by atoms with E-state index in [1.165, 1.54) is 0 Å². The van der Waals surface area contributed by atoms with Crippen LogP contribution in [0.15, 0.2) is 36.7 Å². The molecule has 0 atom stereocenters. The molecule has 1 N–H and O–H groups in total. The largest absolute Gasteiger partial charge is 0.488 e. The Balaban J connectivity index is 1.58. The van der Waals surface area contributed by atoms with Crippen molar-refractivity contribution in [3.63, 3.8) is 0 Å². The van der Waals surface area contributed by atoms with Gasteiger partial charge in [-0.15, -0.1) is 0 Å². The Labute approximate surface area is 158 Å². The molecular formula is C20H23N3O4. The molecule has 0 radical (unpaired) electrons. The Bertz CT molecular complexity index is 800. The quantitative estimate of drug-likeness (QED) is 0.811. The molecule has 7 heteroatoms. The zero-order valence-corrected chi connectivity index (χ0v) is 15.5. The van der Waals surface area contributed by atoms with E-state index in [1.54, 1.807) is 17.3 Å². The summed E-state index contributed by atoms with van der Waals surface area (Å²) in [5, 5.41) is 2.84. The first-order valence-corrected chi connectivity index (χ1v) is 8.87. The van der Waals surface area contributed by atoms with Crippen LogP contribution in [-0.2, 0) is 11.3 Å². The Kier molecular flexibility index (Phi) is 5.90. The lowest BCUT2D eigenvalue weighted by Crippen LogP contribution is -2.35. The Morgan fingerprint density at radius 3 is 2.74 bits per heavy atom. The molecule has 142 valence electrons. The monoisotopic (exact) mass is 369 g/mol. The predicted molar refractivity (Wildman–Crippen MR) is 99.7 cm³/mol. The van der Waals surface area contributed by atoms with Crippen LogP contribution in [0.25, 0.3) is 0 Å². The number of cyclic esters (lactones) is 1. The number of pyridine rings is 1. The van der Waals surface area contributed by atoms with Gasteiger partial charge in [-0.2, -0.15) is 0 Å². The number of ether oxygens (including phenoxy) is 2. The molecular weight excluding hydrogens is 346 g/mol. The topological polar surface area (TPSA) is 80.8 Å². The molecule has 1 aromatic heterocycles. The zero-order valence-electron chi connectivity index (χ0n) is 15.5. The summed E-state index contributed by atoms with van der Waals surface area (Å²) < 4.78 is 10.8. The van der Waals surface area contributed by atoms with Crippen LogP contribution in [0, 0.1) is 13.8 Å². The molecule has 0 unspecified atom stereocenters. The SMILES string of the molecule is Cc1cc(C(=O)NCCN2CCOC2=O)cc(C)c1OCc1cccnc1. The van der Waals surface area contributed by atoms with Crippen molar-refractivity contribution in [3.05, 3.63) is 58.9 Å². The van der Waals surface area contributed by atoms with E-state index in [2.05, 4.69) is 10.3 Å². The van der Waals surface area contributed by atoms with E-state index < -0.39 is 0 Å². The normalized spacial score (nSPS) is 13.4. The van der Waals surface area contributed by atoms with Gasteiger partial charge in [0.15, 0.2) is 0 Å². The van der Waals surface area contributed by atoms with Crippen molar-refractivity contribution in [2.75, 3.05) is 26.2 Å². The van der Waals surface area contributed by atoms with Crippen LogP contribution in [0.4, 0.5) is 4.79 Å². The Morgan fingerprint density at radius 1 is 1.33 bits per heavy atom. The molecule has 1 fully saturated rings. The molecule has 0 aliphatic carbocycles. The third-order valence-corrected chi connectivity index (χ3v) is 4.34. The fourth-order valence-electron chi connectivity index (χ4n) is 2.98. The van der Waals surface area contributed by atoms with E-state index in [1.807, 2.05) is 38.1 Å². The average molecular weight is 369 g/mol. The number of hydrogen-bond acceptors (Lipinski definition) is 5. The zero-order chi connectivity index (χ0) is 19.2. The molecule has 0 saturated carbocycles. The summed E-state index contributed by atoms with van der Waals surface area (Å²) in [5.41, 5.74) is 3.35. The summed E-state index contributed by atoms with van der Waals surface area (Å²) in [5.74, 6) is 0.600. The molecule has 1 aromatic carbocycles. The highest BCUT2D eigenvalue weighted by molar-refractivity contribution is 5.94. The number of carbonyl (C=O) groups is 2. The van der Waals surface area contributed by atoms with Crippen LogP contribution in [-0.4, -0.2) is 48.1 Å². The Morgan fingerprint density at radius 2 is 2.11 bits per heavy atom. The highest BCUT2D eigenvalue weighted by Gasteiger charge is 2.21. The average Bonchev–Trinajstić information content (AvgIpc) is 3.06. The summed E-state index contributed by atoms with van der Waals surface area (Å²) in [4.78, 5) is 29.4. The molecule has 2 amide bonds. The van der Waals surface area contributed by atoms with Gasteiger partial charge in [0, 0.05) is 36.6 Å². The van der Waals surface area contributed by atoms with E-state index in [0.29, 0.717) is 38.4 Å². The molecule has 2 heterocycles. The number of aryl methyl sites for hydroxylation is 2. The molecule has 0 spiro atoms. The highest BCUT2D eigenvalue weighted by Crippen LogP contribution is 2.25. The standard InChI is InChI=1S/C20H23N3O4/c1-14-10-17(19(24)22-6-7-23-8-9-26-20(23)25)11-15(2)18(14)27-13-16-4-3-5-21-12-16/h3-5,10-12H,6-9,13H2,1-2H3,(H,22,24). The Hall–Kier alpha value is -3.09. The number of amides is 2. The van der Waals surface area contributed by atoms with Gasteiger partial charge >= 0.3 is 6.09 Å². The number of aromatic nitrogens is 1. The van der Waals surface area contributed by atoms with Crippen molar-refractivity contribution >= 4 is 12.0 Å². The van der Waals surface area contributed by atoms with Gasteiger partial charge in [0.2, 0.25) is 0 Å². The van der Waals surface area contributed by atoms with Gasteiger partial charge in [0.1, 0.15) is 19.0 Å². The summed E-state index contributed by atoms with van der Waals surface area (Å²) in [7, 11) is 0. The molecule has 27 heavy (non-hydrogen) atoms. The lowest BCUT2D eigenvalue weighted by Gasteiger charge is -2.15. The minimum Gasteiger partial charge on any atom is -0.488 e. The summed E-state index contributed by atoms with van der Waals surface area (Å²) in [6, 6.07) is 7.44. The molecule has 1 aliphatic heterocycles. The van der Waals surface area contributed by atoms with Crippen molar-refractivity contribution in [2.45, 2.75) is 20.5 Å². The minimum atomic E-state index is -0.328. The molecule has 1 aliphatic rings. The van der Waals surface area contributed by atoms with Gasteiger partial charge in [-0.1, -0.05) is 6.07 Å². The minimum absolute atomic E-state index is 0.174. The second-order valence-electron chi connectivity index (χ2n) is 6.45. The van der Waals surface area contributed by atoms with E-state index >= 15 is 0 Å². The number of benzene rings is 1. The van der Waals surface area contributed by atoms with Crippen LogP contribution in [0.2, 0.25) is 0 Å². The fourth-order valence-corrected chi connectivity index (χ4v) is 2.98. The second kappa shape index (κ2) is 8.53. The maximum atomic E-state index is 12.4. The molecule has 0 bridgehead atoms. The highest BCUT2D eigenvalue weighted by atomic mass is 16.6. The first kappa shape index (κ1) is 18.7. The molecule has 2 aromatic rings. The molecule has 7 nitrogen and oxygen atoms in total. The maximum Gasteiger partial charge on any atom is 0.409 e. The number of hydrogen-bond donors (Lipinski definition) is 1. The van der Waals surface area contributed by atoms with Crippen LogP contribution in [0.5, 0.6) is 5.75 Å². The van der Waals surface area contributed by atoms with Gasteiger partial charge in [0.05, 0.1) is 6.54 Å². The van der Waals surface area contributed by atoms with Crippen LogP contribution < -0.4 is 10.1 Å². The number of rotatable bonds is 7. The van der Waals surface area contributed by atoms with Crippen molar-refractivity contribution in [1.29, 1.82) is 0 Å². The summed E-state index contributed by atoms with van der Waals surface area (Å²) >= 11 is 0. The van der Waals surface area contributed by atoms with Gasteiger partial charge in [-0.25, -0.2) is 4.79 Å². The van der Waals surface area contributed by atoms with Crippen molar-refractivity contribution in [2.24, 2.45) is 0 Å². The predicted octanol–water partition coefficient (Wildman–Crippen LogP) is 2.46. The maximum absolute atomic E-state index is 12.4. The fraction of sp³-hybridized carbons (Fsp3) is 0.350. The van der Waals surface area contributed by atoms with Crippen LogP contribution in [0.3, 0.4) is 0 Å². The van der Waals surface area contributed by atoms with Crippen LogP contribution in [0.1, 0.15) is 27.0 Å². The van der Waals surface area contributed by atoms with Crippen molar-refractivity contribution in [1.82, 2.24) is 15.2 Å². The lowest BCUT2D eigenvalue weighted by atomic mass is 10.0. The molecule has 1 saturated heterocycles. The summed E-state index contributed by atoms with van der Waals surface area (Å²) in [6.07, 6.45) is 3.16. The number of carbonyl (C=O) groups excluding carboxylic acids is 2. The smallest absolute Gasteiger partial charge is 0.409 e. The molecule has 3 rings (SSSR count). The lowest BCUT2D eigenvalue weighted by molar-refractivity contribution is 0.0948.